The second kappa shape index (κ2) is 11.3. The van der Waals surface area contributed by atoms with Gasteiger partial charge in [-0.15, -0.1) is 0 Å². The van der Waals surface area contributed by atoms with Crippen molar-refractivity contribution < 1.29 is 9.53 Å². The summed E-state index contributed by atoms with van der Waals surface area (Å²) in [6, 6.07) is 2.14. The molecule has 0 aromatic carbocycles. The number of ether oxygens (including phenoxy) is 1. The molecule has 9 heteroatoms. The molecule has 2 atom stereocenters. The number of aromatic nitrogens is 1. The van der Waals surface area contributed by atoms with E-state index in [1.807, 2.05) is 13.0 Å². The highest BCUT2D eigenvalue weighted by Gasteiger charge is 2.35. The van der Waals surface area contributed by atoms with Gasteiger partial charge in [-0.25, -0.2) is 0 Å². The zero-order valence-corrected chi connectivity index (χ0v) is 22.5. The van der Waals surface area contributed by atoms with Crippen molar-refractivity contribution in [2.24, 2.45) is 5.92 Å². The van der Waals surface area contributed by atoms with Crippen LogP contribution in [0.4, 0.5) is 5.82 Å². The Labute approximate surface area is 217 Å². The average Bonchev–Trinajstić information content (AvgIpc) is 3.44. The van der Waals surface area contributed by atoms with Crippen molar-refractivity contribution in [3.05, 3.63) is 31.9 Å². The SMILES string of the molecule is CCCCn1c(N2CCCC(C)C2)c(C=C2SC(=S)N(CC3CCCO3)C2=O)c(C)c(C#N)c1=O. The minimum absolute atomic E-state index is 0.0186. The standard InChI is InChI=1S/C26H34N4O3S2/c1-4-5-11-29-23(28-10-6-8-17(2)15-28)20(18(3)21(14-27)24(29)31)13-22-25(32)30(26(34)35-22)16-19-9-7-12-33-19/h13,17,19H,4-12,15-16H2,1-3H3. The fourth-order valence-corrected chi connectivity index (χ4v) is 6.43. The van der Waals surface area contributed by atoms with Gasteiger partial charge in [0.05, 0.1) is 17.6 Å². The van der Waals surface area contributed by atoms with E-state index in [4.69, 9.17) is 17.0 Å². The van der Waals surface area contributed by atoms with Gasteiger partial charge in [0.2, 0.25) is 0 Å². The van der Waals surface area contributed by atoms with Gasteiger partial charge in [0.15, 0.2) is 0 Å². The molecule has 3 aliphatic heterocycles. The molecule has 0 saturated carbocycles. The molecule has 0 spiro atoms. The van der Waals surface area contributed by atoms with Crippen LogP contribution in [-0.2, 0) is 16.1 Å². The fourth-order valence-electron chi connectivity index (χ4n) is 5.17. The topological polar surface area (TPSA) is 78.6 Å². The van der Waals surface area contributed by atoms with E-state index in [9.17, 15) is 14.9 Å². The summed E-state index contributed by atoms with van der Waals surface area (Å²) in [4.78, 5) is 31.2. The maximum atomic E-state index is 13.4. The molecule has 3 aliphatic rings. The van der Waals surface area contributed by atoms with Crippen LogP contribution in [0.15, 0.2) is 9.70 Å². The van der Waals surface area contributed by atoms with Crippen molar-refractivity contribution in [1.29, 1.82) is 5.26 Å². The Kier molecular flexibility index (Phi) is 8.35. The second-order valence-corrected chi connectivity index (χ2v) is 11.5. The Balaban J connectivity index is 1.81. The number of rotatable bonds is 7. The first-order chi connectivity index (χ1) is 16.8. The second-order valence-electron chi connectivity index (χ2n) is 9.78. The van der Waals surface area contributed by atoms with Crippen LogP contribution < -0.4 is 10.5 Å². The minimum Gasteiger partial charge on any atom is -0.376 e. The predicted octanol–water partition coefficient (Wildman–Crippen LogP) is 4.45. The van der Waals surface area contributed by atoms with Gasteiger partial charge >= 0.3 is 0 Å². The minimum atomic E-state index is -0.241. The summed E-state index contributed by atoms with van der Waals surface area (Å²) >= 11 is 6.85. The third kappa shape index (κ3) is 5.35. The summed E-state index contributed by atoms with van der Waals surface area (Å²) in [6.07, 6.45) is 7.80. The Morgan fingerprint density at radius 3 is 2.74 bits per heavy atom. The molecule has 1 amide bonds. The summed E-state index contributed by atoms with van der Waals surface area (Å²) < 4.78 is 8.03. The van der Waals surface area contributed by atoms with E-state index in [1.165, 1.54) is 11.8 Å². The van der Waals surface area contributed by atoms with Gasteiger partial charge in [-0.2, -0.15) is 5.26 Å². The van der Waals surface area contributed by atoms with E-state index in [1.54, 1.807) is 9.47 Å². The van der Waals surface area contributed by atoms with Crippen LogP contribution in [0, 0.1) is 24.2 Å². The number of thioether (sulfide) groups is 1. The number of unbranched alkanes of at least 4 members (excludes halogenated alkanes) is 1. The summed E-state index contributed by atoms with van der Waals surface area (Å²) in [5.74, 6) is 1.21. The molecule has 0 bridgehead atoms. The van der Waals surface area contributed by atoms with Gasteiger partial charge in [-0.05, 0) is 56.6 Å². The lowest BCUT2D eigenvalue weighted by atomic mass is 9.98. The van der Waals surface area contributed by atoms with Crippen LogP contribution in [0.2, 0.25) is 0 Å². The van der Waals surface area contributed by atoms with Crippen molar-refractivity contribution in [2.45, 2.75) is 71.9 Å². The number of anilines is 1. The lowest BCUT2D eigenvalue weighted by Gasteiger charge is -2.36. The largest absolute Gasteiger partial charge is 0.376 e. The molecule has 188 valence electrons. The molecule has 0 N–H and O–H groups in total. The van der Waals surface area contributed by atoms with E-state index in [2.05, 4.69) is 24.8 Å². The van der Waals surface area contributed by atoms with Crippen molar-refractivity contribution in [2.75, 3.05) is 31.1 Å². The molecule has 3 saturated heterocycles. The van der Waals surface area contributed by atoms with Crippen molar-refractivity contribution >= 4 is 46.1 Å². The number of piperidine rings is 1. The van der Waals surface area contributed by atoms with Gasteiger partial charge < -0.3 is 9.64 Å². The normalized spacial score (nSPS) is 24.0. The Hall–Kier alpha value is -2.15. The Morgan fingerprint density at radius 2 is 2.09 bits per heavy atom. The molecular formula is C26H34N4O3S2. The fraction of sp³-hybridized carbons (Fsp3) is 0.615. The summed E-state index contributed by atoms with van der Waals surface area (Å²) in [5, 5.41) is 9.86. The van der Waals surface area contributed by atoms with E-state index in [0.29, 0.717) is 33.8 Å². The first-order valence-corrected chi connectivity index (χ1v) is 13.9. The highest BCUT2D eigenvalue weighted by atomic mass is 32.2. The van der Waals surface area contributed by atoms with Gasteiger partial charge in [-0.3, -0.25) is 19.1 Å². The molecule has 1 aromatic rings. The molecule has 3 fully saturated rings. The number of carbonyl (C=O) groups excluding carboxylic acids is 1. The van der Waals surface area contributed by atoms with E-state index >= 15 is 0 Å². The van der Waals surface area contributed by atoms with E-state index < -0.39 is 0 Å². The number of thiocarbonyl (C=S) groups is 1. The van der Waals surface area contributed by atoms with Crippen molar-refractivity contribution in [3.63, 3.8) is 0 Å². The van der Waals surface area contributed by atoms with E-state index in [0.717, 1.165) is 69.6 Å². The maximum absolute atomic E-state index is 13.4. The van der Waals surface area contributed by atoms with E-state index in [-0.39, 0.29) is 23.1 Å². The van der Waals surface area contributed by atoms with Crippen LogP contribution in [0.3, 0.4) is 0 Å². The number of pyridine rings is 1. The Morgan fingerprint density at radius 1 is 1.29 bits per heavy atom. The molecule has 4 rings (SSSR count). The van der Waals surface area contributed by atoms with Crippen LogP contribution in [0.1, 0.15) is 69.1 Å². The average molecular weight is 515 g/mol. The first kappa shape index (κ1) is 25.9. The Bertz CT molecular complexity index is 1130. The third-order valence-corrected chi connectivity index (χ3v) is 8.48. The number of hydrogen-bond acceptors (Lipinski definition) is 7. The molecule has 2 unspecified atom stereocenters. The van der Waals surface area contributed by atoms with Gasteiger partial charge in [-0.1, -0.05) is 44.2 Å². The quantitative estimate of drug-likeness (QED) is 0.393. The summed E-state index contributed by atoms with van der Waals surface area (Å²) in [7, 11) is 0. The van der Waals surface area contributed by atoms with Crippen LogP contribution in [0.5, 0.6) is 0 Å². The molecule has 4 heterocycles. The predicted molar refractivity (Wildman–Crippen MR) is 145 cm³/mol. The monoisotopic (exact) mass is 514 g/mol. The van der Waals surface area contributed by atoms with Crippen LogP contribution >= 0.6 is 24.0 Å². The lowest BCUT2D eigenvalue weighted by Crippen LogP contribution is -2.40. The smallest absolute Gasteiger partial charge is 0.270 e. The van der Waals surface area contributed by atoms with Crippen LogP contribution in [-0.4, -0.2) is 52.0 Å². The maximum Gasteiger partial charge on any atom is 0.270 e. The number of hydrogen-bond donors (Lipinski definition) is 0. The third-order valence-electron chi connectivity index (χ3n) is 7.10. The zero-order valence-electron chi connectivity index (χ0n) is 20.8. The molecule has 35 heavy (non-hydrogen) atoms. The molecule has 7 nitrogen and oxygen atoms in total. The first-order valence-electron chi connectivity index (χ1n) is 12.6. The van der Waals surface area contributed by atoms with Gasteiger partial charge in [0.25, 0.3) is 11.5 Å². The molecule has 1 aromatic heterocycles. The van der Waals surface area contributed by atoms with Crippen molar-refractivity contribution in [1.82, 2.24) is 9.47 Å². The van der Waals surface area contributed by atoms with Gasteiger partial charge in [0, 0.05) is 31.8 Å². The number of amides is 1. The van der Waals surface area contributed by atoms with Crippen LogP contribution in [0.25, 0.3) is 6.08 Å². The molecule has 0 radical (unpaired) electrons. The summed E-state index contributed by atoms with van der Waals surface area (Å²) in [6.45, 7) is 9.57. The number of nitrogens with zero attached hydrogens (tertiary/aromatic N) is 4. The number of carbonyl (C=O) groups is 1. The zero-order chi connectivity index (χ0) is 25.1. The van der Waals surface area contributed by atoms with Crippen molar-refractivity contribution in [3.8, 4) is 6.07 Å². The molecular weight excluding hydrogens is 480 g/mol. The summed E-state index contributed by atoms with van der Waals surface area (Å²) in [5.41, 5.74) is 1.32. The number of nitriles is 1. The highest BCUT2D eigenvalue weighted by molar-refractivity contribution is 8.26. The highest BCUT2D eigenvalue weighted by Crippen LogP contribution is 2.37. The van der Waals surface area contributed by atoms with Gasteiger partial charge in [0.1, 0.15) is 21.8 Å². The lowest BCUT2D eigenvalue weighted by molar-refractivity contribution is -0.123. The molecule has 0 aliphatic carbocycles.